The van der Waals surface area contributed by atoms with Crippen molar-refractivity contribution in [1.29, 1.82) is 0 Å². The molecule has 3 unspecified atom stereocenters. The molecule has 0 bridgehead atoms. The molecular weight excluding hydrogens is 169 g/mol. The maximum Gasteiger partial charge on any atom is 0.147 e. The number of rotatable bonds is 3. The van der Waals surface area contributed by atoms with Gasteiger partial charge in [0.1, 0.15) is 6.17 Å². The van der Waals surface area contributed by atoms with E-state index in [1.807, 2.05) is 7.05 Å². The highest BCUT2D eigenvalue weighted by Crippen LogP contribution is 2.24. The van der Waals surface area contributed by atoms with Crippen LogP contribution < -0.4 is 0 Å². The van der Waals surface area contributed by atoms with Gasteiger partial charge in [-0.1, -0.05) is 6.58 Å². The molecule has 3 atom stereocenters. The fourth-order valence-electron chi connectivity index (χ4n) is 1.78. The molecule has 1 saturated heterocycles. The largest absolute Gasteiger partial charge is 0.389 e. The molecule has 1 heterocycles. The van der Waals surface area contributed by atoms with Crippen LogP contribution in [-0.2, 0) is 0 Å². The number of alkyl halides is 1. The minimum Gasteiger partial charge on any atom is -0.389 e. The molecule has 0 radical (unpaired) electrons. The third-order valence-electron chi connectivity index (χ3n) is 2.68. The number of halogens is 1. The second-order valence-corrected chi connectivity index (χ2v) is 4.05. The first-order valence-electron chi connectivity index (χ1n) is 4.68. The first-order chi connectivity index (χ1) is 6.02. The summed E-state index contributed by atoms with van der Waals surface area (Å²) in [6, 6.07) is 0. The second-order valence-electron chi connectivity index (χ2n) is 4.05. The van der Waals surface area contributed by atoms with E-state index in [9.17, 15) is 9.50 Å². The molecule has 0 aromatic heterocycles. The SMILES string of the molecule is C=C(C)C(F)C(O)C1CCN(C)C1. The zero-order valence-electron chi connectivity index (χ0n) is 8.33. The molecule has 1 aliphatic heterocycles. The van der Waals surface area contributed by atoms with Crippen molar-refractivity contribution in [2.75, 3.05) is 20.1 Å². The minimum atomic E-state index is -1.27. The summed E-state index contributed by atoms with van der Waals surface area (Å²) in [7, 11) is 1.99. The van der Waals surface area contributed by atoms with Gasteiger partial charge < -0.3 is 10.0 Å². The van der Waals surface area contributed by atoms with Crippen molar-refractivity contribution in [1.82, 2.24) is 4.90 Å². The number of aliphatic hydroxyl groups excluding tert-OH is 1. The molecule has 0 aromatic carbocycles. The van der Waals surface area contributed by atoms with Gasteiger partial charge in [0.05, 0.1) is 6.10 Å². The van der Waals surface area contributed by atoms with Crippen LogP contribution in [0.3, 0.4) is 0 Å². The van der Waals surface area contributed by atoms with Gasteiger partial charge >= 0.3 is 0 Å². The number of likely N-dealkylation sites (tertiary alicyclic amines) is 1. The average Bonchev–Trinajstić information content (AvgIpc) is 2.49. The van der Waals surface area contributed by atoms with Crippen LogP contribution in [0.1, 0.15) is 13.3 Å². The van der Waals surface area contributed by atoms with Gasteiger partial charge in [0.25, 0.3) is 0 Å². The van der Waals surface area contributed by atoms with Crippen LogP contribution in [0, 0.1) is 5.92 Å². The molecule has 1 aliphatic rings. The first-order valence-corrected chi connectivity index (χ1v) is 4.68. The molecule has 0 saturated carbocycles. The normalized spacial score (nSPS) is 28.8. The van der Waals surface area contributed by atoms with Crippen molar-refractivity contribution in [3.8, 4) is 0 Å². The monoisotopic (exact) mass is 187 g/mol. The molecule has 1 N–H and O–H groups in total. The maximum absolute atomic E-state index is 13.3. The van der Waals surface area contributed by atoms with Gasteiger partial charge in [-0.25, -0.2) is 4.39 Å². The molecule has 1 rings (SSSR count). The van der Waals surface area contributed by atoms with Crippen LogP contribution in [-0.4, -0.2) is 42.4 Å². The maximum atomic E-state index is 13.3. The number of hydrogen-bond acceptors (Lipinski definition) is 2. The molecule has 1 fully saturated rings. The molecule has 0 aromatic rings. The lowest BCUT2D eigenvalue weighted by Crippen LogP contribution is -2.32. The molecule has 13 heavy (non-hydrogen) atoms. The van der Waals surface area contributed by atoms with Crippen LogP contribution in [0.15, 0.2) is 12.2 Å². The zero-order chi connectivity index (χ0) is 10.0. The van der Waals surface area contributed by atoms with E-state index < -0.39 is 12.3 Å². The quantitative estimate of drug-likeness (QED) is 0.671. The van der Waals surface area contributed by atoms with E-state index in [0.717, 1.165) is 19.5 Å². The highest BCUT2D eigenvalue weighted by molar-refractivity contribution is 5.02. The van der Waals surface area contributed by atoms with Crippen molar-refractivity contribution >= 4 is 0 Å². The van der Waals surface area contributed by atoms with E-state index in [4.69, 9.17) is 0 Å². The minimum absolute atomic E-state index is 0.0664. The lowest BCUT2D eigenvalue weighted by atomic mass is 9.95. The van der Waals surface area contributed by atoms with Gasteiger partial charge in [-0.15, -0.1) is 0 Å². The van der Waals surface area contributed by atoms with Crippen LogP contribution in [0.25, 0.3) is 0 Å². The van der Waals surface area contributed by atoms with Crippen molar-refractivity contribution in [3.63, 3.8) is 0 Å². The third-order valence-corrected chi connectivity index (χ3v) is 2.68. The summed E-state index contributed by atoms with van der Waals surface area (Å²) in [5, 5.41) is 9.64. The zero-order valence-corrected chi connectivity index (χ0v) is 8.33. The summed E-state index contributed by atoms with van der Waals surface area (Å²) >= 11 is 0. The van der Waals surface area contributed by atoms with Crippen LogP contribution >= 0.6 is 0 Å². The van der Waals surface area contributed by atoms with Gasteiger partial charge in [0.15, 0.2) is 0 Å². The Hall–Kier alpha value is -0.410. The van der Waals surface area contributed by atoms with Gasteiger partial charge in [0.2, 0.25) is 0 Å². The fraction of sp³-hybridized carbons (Fsp3) is 0.800. The van der Waals surface area contributed by atoms with E-state index >= 15 is 0 Å². The fourth-order valence-corrected chi connectivity index (χ4v) is 1.78. The first kappa shape index (κ1) is 10.7. The molecule has 0 aliphatic carbocycles. The Balaban J connectivity index is 2.47. The van der Waals surface area contributed by atoms with Crippen molar-refractivity contribution < 1.29 is 9.50 Å². The third kappa shape index (κ3) is 2.51. The predicted octanol–water partition coefficient (Wildman–Crippen LogP) is 1.21. The van der Waals surface area contributed by atoms with Gasteiger partial charge in [-0.2, -0.15) is 0 Å². The molecule has 3 heteroatoms. The Kier molecular flexibility index (Phi) is 3.45. The summed E-state index contributed by atoms with van der Waals surface area (Å²) in [5.41, 5.74) is 0.419. The summed E-state index contributed by atoms with van der Waals surface area (Å²) in [6.45, 7) is 6.87. The molecular formula is C10H18FNO. The topological polar surface area (TPSA) is 23.5 Å². The number of nitrogens with zero attached hydrogens (tertiary/aromatic N) is 1. The Labute approximate surface area is 79.0 Å². The van der Waals surface area contributed by atoms with Gasteiger partial charge in [-0.3, -0.25) is 0 Å². The highest BCUT2D eigenvalue weighted by Gasteiger charge is 2.32. The standard InChI is InChI=1S/C10H18FNO/c1-7(2)9(11)10(13)8-4-5-12(3)6-8/h8-10,13H,1,4-6H2,2-3H3. The number of aliphatic hydroxyl groups is 1. The summed E-state index contributed by atoms with van der Waals surface area (Å²) < 4.78 is 13.3. The summed E-state index contributed by atoms with van der Waals surface area (Å²) in [5.74, 6) is 0.0664. The van der Waals surface area contributed by atoms with Crippen molar-refractivity contribution in [3.05, 3.63) is 12.2 Å². The van der Waals surface area contributed by atoms with E-state index in [1.54, 1.807) is 6.92 Å². The van der Waals surface area contributed by atoms with Crippen molar-refractivity contribution in [2.45, 2.75) is 25.6 Å². The average molecular weight is 187 g/mol. The second kappa shape index (κ2) is 4.20. The molecule has 2 nitrogen and oxygen atoms in total. The van der Waals surface area contributed by atoms with E-state index in [1.165, 1.54) is 0 Å². The summed E-state index contributed by atoms with van der Waals surface area (Å²) in [4.78, 5) is 2.11. The Morgan fingerprint density at radius 1 is 1.69 bits per heavy atom. The highest BCUT2D eigenvalue weighted by atomic mass is 19.1. The van der Waals surface area contributed by atoms with Gasteiger partial charge in [0, 0.05) is 12.5 Å². The van der Waals surface area contributed by atoms with Crippen LogP contribution in [0.2, 0.25) is 0 Å². The lowest BCUT2D eigenvalue weighted by molar-refractivity contribution is 0.0489. The Morgan fingerprint density at radius 2 is 2.31 bits per heavy atom. The molecule has 0 amide bonds. The lowest BCUT2D eigenvalue weighted by Gasteiger charge is -2.21. The summed E-state index contributed by atoms with van der Waals surface area (Å²) in [6.07, 6.45) is -1.26. The van der Waals surface area contributed by atoms with Gasteiger partial charge in [-0.05, 0) is 32.5 Å². The Bertz CT molecular complexity index is 195. The van der Waals surface area contributed by atoms with E-state index in [0.29, 0.717) is 5.57 Å². The van der Waals surface area contributed by atoms with Crippen LogP contribution in [0.5, 0.6) is 0 Å². The van der Waals surface area contributed by atoms with Crippen LogP contribution in [0.4, 0.5) is 4.39 Å². The van der Waals surface area contributed by atoms with E-state index in [-0.39, 0.29) is 5.92 Å². The molecule has 0 spiro atoms. The number of hydrogen-bond donors (Lipinski definition) is 1. The smallest absolute Gasteiger partial charge is 0.147 e. The van der Waals surface area contributed by atoms with E-state index in [2.05, 4.69) is 11.5 Å². The predicted molar refractivity (Wildman–Crippen MR) is 51.3 cm³/mol. The Morgan fingerprint density at radius 3 is 2.69 bits per heavy atom. The van der Waals surface area contributed by atoms with Crippen molar-refractivity contribution in [2.24, 2.45) is 5.92 Å². The molecule has 76 valence electrons.